The molecule has 2 atom stereocenters. The zero-order valence-electron chi connectivity index (χ0n) is 17.9. The Morgan fingerprint density at radius 2 is 1.60 bits per heavy atom. The molecule has 1 fully saturated rings. The number of hydrogen-bond acceptors (Lipinski definition) is 4. The van der Waals surface area contributed by atoms with Crippen molar-refractivity contribution in [1.29, 1.82) is 0 Å². The Labute approximate surface area is 179 Å². The number of nitrogens with zero attached hydrogens (tertiary/aromatic N) is 2. The molecule has 1 N–H and O–H groups in total. The van der Waals surface area contributed by atoms with Gasteiger partial charge in [0.25, 0.3) is 5.91 Å². The molecule has 1 aliphatic heterocycles. The Bertz CT molecular complexity index is 985. The van der Waals surface area contributed by atoms with Gasteiger partial charge in [-0.05, 0) is 48.9 Å². The summed E-state index contributed by atoms with van der Waals surface area (Å²) in [5, 5.41) is 10.9. The number of sulfonamides is 1. The van der Waals surface area contributed by atoms with Crippen LogP contribution in [0.15, 0.2) is 53.4 Å². The van der Waals surface area contributed by atoms with Crippen LogP contribution >= 0.6 is 0 Å². The fourth-order valence-electron chi connectivity index (χ4n) is 3.91. The van der Waals surface area contributed by atoms with Crippen molar-refractivity contribution in [2.24, 2.45) is 5.92 Å². The van der Waals surface area contributed by atoms with Crippen molar-refractivity contribution in [1.82, 2.24) is 9.37 Å². The van der Waals surface area contributed by atoms with E-state index in [-0.39, 0.29) is 29.8 Å². The van der Waals surface area contributed by atoms with E-state index in [4.69, 9.17) is 0 Å². The second-order valence-electron chi connectivity index (χ2n) is 8.25. The Kier molecular flexibility index (Phi) is 6.65. The lowest BCUT2D eigenvalue weighted by Crippen LogP contribution is -2.45. The van der Waals surface area contributed by atoms with Crippen molar-refractivity contribution in [2.45, 2.75) is 57.5 Å². The predicted molar refractivity (Wildman–Crippen MR) is 116 cm³/mol. The highest BCUT2D eigenvalue weighted by atomic mass is 32.2. The standard InChI is InChI=1S/C23H30N2O4S/c1-5-14-24(22-15-21(16(2)3)25(27)23(22)26)30(28,29)20-12-10-19(11-13-20)18-8-6-17(4)7-9-18/h6-13,16,21-22,27H,5,14-15H2,1-4H3/t21-,22-/m1/s1. The van der Waals surface area contributed by atoms with E-state index in [1.165, 1.54) is 4.31 Å². The minimum atomic E-state index is -3.88. The third-order valence-corrected chi connectivity index (χ3v) is 7.62. The minimum Gasteiger partial charge on any atom is -0.286 e. The molecule has 1 amide bonds. The Balaban J connectivity index is 1.91. The van der Waals surface area contributed by atoms with Gasteiger partial charge in [0.05, 0.1) is 10.9 Å². The molecule has 0 aromatic heterocycles. The third-order valence-electron chi connectivity index (χ3n) is 5.70. The molecule has 0 spiro atoms. The van der Waals surface area contributed by atoms with Crippen LogP contribution in [0.1, 0.15) is 39.2 Å². The Hall–Kier alpha value is -2.22. The summed E-state index contributed by atoms with van der Waals surface area (Å²) in [6.45, 7) is 7.93. The molecule has 1 aliphatic rings. The van der Waals surface area contributed by atoms with Gasteiger partial charge in [-0.1, -0.05) is 62.7 Å². The van der Waals surface area contributed by atoms with Crippen molar-refractivity contribution in [2.75, 3.05) is 6.54 Å². The second kappa shape index (κ2) is 8.88. The summed E-state index contributed by atoms with van der Waals surface area (Å²) >= 11 is 0. The molecule has 6 nitrogen and oxygen atoms in total. The van der Waals surface area contributed by atoms with Gasteiger partial charge in [0, 0.05) is 6.54 Å². The van der Waals surface area contributed by atoms with E-state index in [0.717, 1.165) is 16.7 Å². The largest absolute Gasteiger partial charge is 0.286 e. The Morgan fingerprint density at radius 3 is 2.07 bits per heavy atom. The molecule has 0 saturated carbocycles. The van der Waals surface area contributed by atoms with Crippen molar-refractivity contribution < 1.29 is 18.4 Å². The van der Waals surface area contributed by atoms with Gasteiger partial charge in [-0.3, -0.25) is 10.0 Å². The smallest absolute Gasteiger partial charge is 0.264 e. The third kappa shape index (κ3) is 4.29. The second-order valence-corrected chi connectivity index (χ2v) is 10.1. The van der Waals surface area contributed by atoms with Gasteiger partial charge >= 0.3 is 0 Å². The Morgan fingerprint density at radius 1 is 1.07 bits per heavy atom. The first kappa shape index (κ1) is 22.5. The summed E-state index contributed by atoms with van der Waals surface area (Å²) < 4.78 is 28.1. The molecule has 162 valence electrons. The lowest BCUT2D eigenvalue weighted by Gasteiger charge is -2.26. The van der Waals surface area contributed by atoms with Crippen LogP contribution in [-0.2, 0) is 14.8 Å². The van der Waals surface area contributed by atoms with Crippen LogP contribution in [0.2, 0.25) is 0 Å². The summed E-state index contributed by atoms with van der Waals surface area (Å²) in [6, 6.07) is 13.5. The SMILES string of the molecule is CCCN([C@@H]1C[C@H](C(C)C)N(O)C1=O)S(=O)(=O)c1ccc(-c2ccc(C)cc2)cc1. The average molecular weight is 431 g/mol. The maximum absolute atomic E-state index is 13.4. The van der Waals surface area contributed by atoms with Crippen molar-refractivity contribution in [3.63, 3.8) is 0 Å². The van der Waals surface area contributed by atoms with Crippen LogP contribution in [0.4, 0.5) is 0 Å². The van der Waals surface area contributed by atoms with Gasteiger partial charge in [-0.15, -0.1) is 0 Å². The molecule has 0 radical (unpaired) electrons. The summed E-state index contributed by atoms with van der Waals surface area (Å²) in [4.78, 5) is 12.8. The van der Waals surface area contributed by atoms with E-state index in [9.17, 15) is 18.4 Å². The fourth-order valence-corrected chi connectivity index (χ4v) is 5.59. The maximum Gasteiger partial charge on any atom is 0.264 e. The number of hydrogen-bond donors (Lipinski definition) is 1. The van der Waals surface area contributed by atoms with Gasteiger partial charge in [-0.25, -0.2) is 13.5 Å². The number of carbonyl (C=O) groups is 1. The van der Waals surface area contributed by atoms with Crippen molar-refractivity contribution in [3.05, 3.63) is 54.1 Å². The summed E-state index contributed by atoms with van der Waals surface area (Å²) in [6.07, 6.45) is 0.857. The minimum absolute atomic E-state index is 0.0314. The van der Waals surface area contributed by atoms with Crippen LogP contribution in [0, 0.1) is 12.8 Å². The molecule has 2 aromatic carbocycles. The molecule has 3 rings (SSSR count). The lowest BCUT2D eigenvalue weighted by atomic mass is 10.0. The normalized spacial score (nSPS) is 19.8. The van der Waals surface area contributed by atoms with Gasteiger partial charge in [0.2, 0.25) is 10.0 Å². The average Bonchev–Trinajstić information content (AvgIpc) is 3.01. The van der Waals surface area contributed by atoms with E-state index in [1.54, 1.807) is 24.3 Å². The fraction of sp³-hybridized carbons (Fsp3) is 0.435. The first-order valence-electron chi connectivity index (χ1n) is 10.4. The molecule has 1 saturated heterocycles. The van der Waals surface area contributed by atoms with Crippen molar-refractivity contribution in [3.8, 4) is 11.1 Å². The first-order valence-corrected chi connectivity index (χ1v) is 11.8. The van der Waals surface area contributed by atoms with Gasteiger partial charge in [-0.2, -0.15) is 4.31 Å². The molecular formula is C23H30N2O4S. The predicted octanol–water partition coefficient (Wildman–Crippen LogP) is 4.08. The molecule has 0 bridgehead atoms. The first-order chi connectivity index (χ1) is 14.2. The van der Waals surface area contributed by atoms with E-state index in [2.05, 4.69) is 0 Å². The van der Waals surface area contributed by atoms with Crippen LogP contribution in [0.25, 0.3) is 11.1 Å². The van der Waals surface area contributed by atoms with E-state index >= 15 is 0 Å². The highest BCUT2D eigenvalue weighted by Crippen LogP contribution is 2.31. The molecule has 2 aromatic rings. The van der Waals surface area contributed by atoms with Crippen LogP contribution in [-0.4, -0.2) is 47.5 Å². The van der Waals surface area contributed by atoms with Gasteiger partial charge < -0.3 is 0 Å². The quantitative estimate of drug-likeness (QED) is 0.672. The number of rotatable bonds is 7. The molecule has 1 heterocycles. The number of amides is 1. The number of hydroxylamine groups is 2. The monoisotopic (exact) mass is 430 g/mol. The van der Waals surface area contributed by atoms with Crippen LogP contribution in [0.5, 0.6) is 0 Å². The molecule has 0 unspecified atom stereocenters. The zero-order valence-corrected chi connectivity index (χ0v) is 18.8. The number of aryl methyl sites for hydroxylation is 1. The molecule has 0 aliphatic carbocycles. The highest BCUT2D eigenvalue weighted by molar-refractivity contribution is 7.89. The van der Waals surface area contributed by atoms with Crippen molar-refractivity contribution >= 4 is 15.9 Å². The summed E-state index contributed by atoms with van der Waals surface area (Å²) in [5.41, 5.74) is 3.10. The maximum atomic E-state index is 13.4. The van der Waals surface area contributed by atoms with E-state index in [0.29, 0.717) is 11.5 Å². The van der Waals surface area contributed by atoms with E-state index < -0.39 is 22.0 Å². The topological polar surface area (TPSA) is 77.9 Å². The molecular weight excluding hydrogens is 400 g/mol. The van der Waals surface area contributed by atoms with Crippen LogP contribution in [0.3, 0.4) is 0 Å². The summed E-state index contributed by atoms with van der Waals surface area (Å²) in [5.74, 6) is -0.522. The zero-order chi connectivity index (χ0) is 22.1. The number of carbonyl (C=O) groups excluding carboxylic acids is 1. The summed E-state index contributed by atoms with van der Waals surface area (Å²) in [7, 11) is -3.88. The molecule has 30 heavy (non-hydrogen) atoms. The number of benzene rings is 2. The highest BCUT2D eigenvalue weighted by Gasteiger charge is 2.47. The lowest BCUT2D eigenvalue weighted by molar-refractivity contribution is -0.170. The van der Waals surface area contributed by atoms with Gasteiger partial charge in [0.15, 0.2) is 0 Å². The molecule has 7 heteroatoms. The van der Waals surface area contributed by atoms with E-state index in [1.807, 2.05) is 52.0 Å². The van der Waals surface area contributed by atoms with Crippen LogP contribution < -0.4 is 0 Å². The van der Waals surface area contributed by atoms with Gasteiger partial charge in [0.1, 0.15) is 6.04 Å².